The number of fused-ring (bicyclic) bond motifs is 1. The molecule has 0 saturated heterocycles. The fourth-order valence-electron chi connectivity index (χ4n) is 3.30. The molecular weight excluding hydrogens is 376 g/mol. The van der Waals surface area contributed by atoms with Crippen LogP contribution in [0, 0.1) is 6.92 Å². The lowest BCUT2D eigenvalue weighted by molar-refractivity contribution is 0.326. The van der Waals surface area contributed by atoms with E-state index in [0.717, 1.165) is 22.3 Å². The molecule has 1 heterocycles. The van der Waals surface area contributed by atoms with Crippen LogP contribution < -0.4 is 9.47 Å². The highest BCUT2D eigenvalue weighted by Crippen LogP contribution is 2.34. The van der Waals surface area contributed by atoms with Crippen LogP contribution in [0.1, 0.15) is 18.1 Å². The van der Waals surface area contributed by atoms with Crippen molar-refractivity contribution in [3.05, 3.63) is 53.7 Å². The minimum absolute atomic E-state index is 0.149. The summed E-state index contributed by atoms with van der Waals surface area (Å²) in [5, 5.41) is 0.856. The van der Waals surface area contributed by atoms with Crippen molar-refractivity contribution in [2.45, 2.75) is 25.3 Å². The van der Waals surface area contributed by atoms with E-state index in [0.29, 0.717) is 24.4 Å². The molecule has 3 aromatic rings. The van der Waals surface area contributed by atoms with E-state index in [1.807, 2.05) is 51.0 Å². The van der Waals surface area contributed by atoms with Crippen molar-refractivity contribution in [2.24, 2.45) is 0 Å². The fourth-order valence-corrected chi connectivity index (χ4v) is 4.90. The van der Waals surface area contributed by atoms with Crippen LogP contribution >= 0.6 is 0 Å². The zero-order valence-electron chi connectivity index (χ0n) is 16.9. The highest BCUT2D eigenvalue weighted by atomic mass is 32.2. The van der Waals surface area contributed by atoms with Gasteiger partial charge in [-0.2, -0.15) is 0 Å². The predicted octanol–water partition coefficient (Wildman–Crippen LogP) is 3.66. The standard InChI is InChI=1S/C21H26N2O4S/c1-6-27-19-10-8-18-16(17(19)14-22(3)4)11-12-23(18)28(24,25)21-13-15(2)7-9-20(21)26-5/h7-13H,6,14H2,1-5H3. The number of methoxy groups -OCH3 is 1. The van der Waals surface area contributed by atoms with Crippen LogP contribution in [0.15, 0.2) is 47.5 Å². The van der Waals surface area contributed by atoms with Crippen molar-refractivity contribution in [3.63, 3.8) is 0 Å². The van der Waals surface area contributed by atoms with Crippen LogP contribution in [0.3, 0.4) is 0 Å². The number of aromatic nitrogens is 1. The van der Waals surface area contributed by atoms with Gasteiger partial charge in [-0.25, -0.2) is 12.4 Å². The van der Waals surface area contributed by atoms with Crippen LogP contribution in [-0.2, 0) is 16.6 Å². The summed E-state index contributed by atoms with van der Waals surface area (Å²) >= 11 is 0. The highest BCUT2D eigenvalue weighted by molar-refractivity contribution is 7.90. The number of hydrogen-bond donors (Lipinski definition) is 0. The SMILES string of the molecule is CCOc1ccc2c(ccn2S(=O)(=O)c2cc(C)ccc2OC)c1CN(C)C. The van der Waals surface area contributed by atoms with Crippen LogP contribution in [0.2, 0.25) is 0 Å². The summed E-state index contributed by atoms with van der Waals surface area (Å²) in [4.78, 5) is 2.18. The molecule has 0 aliphatic carbocycles. The fraction of sp³-hybridized carbons (Fsp3) is 0.333. The first kappa shape index (κ1) is 20.2. The second-order valence-electron chi connectivity index (χ2n) is 6.92. The zero-order valence-corrected chi connectivity index (χ0v) is 17.7. The second-order valence-corrected chi connectivity index (χ2v) is 8.70. The van der Waals surface area contributed by atoms with Crippen molar-refractivity contribution in [1.82, 2.24) is 8.87 Å². The molecule has 150 valence electrons. The van der Waals surface area contributed by atoms with Crippen LogP contribution in [-0.4, -0.2) is 45.1 Å². The Morgan fingerprint density at radius 3 is 2.43 bits per heavy atom. The van der Waals surface area contributed by atoms with E-state index in [1.54, 1.807) is 24.4 Å². The van der Waals surface area contributed by atoms with Gasteiger partial charge in [0.1, 0.15) is 16.4 Å². The maximum absolute atomic E-state index is 13.4. The average Bonchev–Trinajstić information content (AvgIpc) is 3.08. The van der Waals surface area contributed by atoms with E-state index in [-0.39, 0.29) is 4.90 Å². The maximum Gasteiger partial charge on any atom is 0.271 e. The number of ether oxygens (including phenoxy) is 2. The van der Waals surface area contributed by atoms with Crippen molar-refractivity contribution in [1.29, 1.82) is 0 Å². The Labute approximate surface area is 166 Å². The minimum atomic E-state index is -3.82. The summed E-state index contributed by atoms with van der Waals surface area (Å²) in [6, 6.07) is 10.6. The van der Waals surface area contributed by atoms with E-state index in [4.69, 9.17) is 9.47 Å². The maximum atomic E-state index is 13.4. The number of benzene rings is 2. The molecule has 7 heteroatoms. The molecule has 3 rings (SSSR count). The molecule has 0 atom stereocenters. The van der Waals surface area contributed by atoms with Crippen molar-refractivity contribution >= 4 is 20.9 Å². The summed E-state index contributed by atoms with van der Waals surface area (Å²) in [5.41, 5.74) is 2.43. The van der Waals surface area contributed by atoms with Crippen LogP contribution in [0.5, 0.6) is 11.5 Å². The molecule has 6 nitrogen and oxygen atoms in total. The van der Waals surface area contributed by atoms with Crippen molar-refractivity contribution in [3.8, 4) is 11.5 Å². The third-order valence-corrected chi connectivity index (χ3v) is 6.25. The summed E-state index contributed by atoms with van der Waals surface area (Å²) < 4.78 is 39.2. The first-order valence-electron chi connectivity index (χ1n) is 9.10. The highest BCUT2D eigenvalue weighted by Gasteiger charge is 2.24. The van der Waals surface area contributed by atoms with E-state index < -0.39 is 10.0 Å². The Kier molecular flexibility index (Phi) is 5.67. The number of rotatable bonds is 7. The Morgan fingerprint density at radius 2 is 1.79 bits per heavy atom. The van der Waals surface area contributed by atoms with Gasteiger partial charge in [-0.1, -0.05) is 6.07 Å². The van der Waals surface area contributed by atoms with Gasteiger partial charge in [-0.05, 0) is 63.8 Å². The Bertz CT molecular complexity index is 1100. The number of aryl methyl sites for hydroxylation is 1. The normalized spacial score (nSPS) is 11.9. The molecule has 0 bridgehead atoms. The summed E-state index contributed by atoms with van der Waals surface area (Å²) in [5.74, 6) is 1.10. The lowest BCUT2D eigenvalue weighted by Crippen LogP contribution is -2.14. The molecule has 1 aromatic heterocycles. The van der Waals surface area contributed by atoms with E-state index in [1.165, 1.54) is 11.1 Å². The molecule has 0 N–H and O–H groups in total. The van der Waals surface area contributed by atoms with E-state index in [9.17, 15) is 8.42 Å². The van der Waals surface area contributed by atoms with Gasteiger partial charge in [0, 0.05) is 23.7 Å². The van der Waals surface area contributed by atoms with Gasteiger partial charge in [-0.15, -0.1) is 0 Å². The first-order chi connectivity index (χ1) is 13.3. The zero-order chi connectivity index (χ0) is 20.5. The van der Waals surface area contributed by atoms with Gasteiger partial charge in [0.2, 0.25) is 0 Å². The largest absolute Gasteiger partial charge is 0.495 e. The third kappa shape index (κ3) is 3.59. The average molecular weight is 403 g/mol. The molecule has 0 radical (unpaired) electrons. The number of hydrogen-bond acceptors (Lipinski definition) is 5. The lowest BCUT2D eigenvalue weighted by Gasteiger charge is -2.17. The summed E-state index contributed by atoms with van der Waals surface area (Å²) in [6.07, 6.45) is 1.59. The Hall–Kier alpha value is -2.51. The molecule has 0 spiro atoms. The molecule has 0 aliphatic heterocycles. The molecule has 28 heavy (non-hydrogen) atoms. The smallest absolute Gasteiger partial charge is 0.271 e. The molecule has 0 unspecified atom stereocenters. The molecule has 0 aliphatic rings. The Morgan fingerprint density at radius 1 is 1.07 bits per heavy atom. The quantitative estimate of drug-likeness (QED) is 0.604. The van der Waals surface area contributed by atoms with Gasteiger partial charge in [0.15, 0.2) is 0 Å². The summed E-state index contributed by atoms with van der Waals surface area (Å²) in [7, 11) is 1.60. The van der Waals surface area contributed by atoms with Gasteiger partial charge < -0.3 is 14.4 Å². The van der Waals surface area contributed by atoms with Gasteiger partial charge in [0.05, 0.1) is 19.2 Å². The first-order valence-corrected chi connectivity index (χ1v) is 10.5. The molecule has 0 saturated carbocycles. The topological polar surface area (TPSA) is 60.8 Å². The number of nitrogens with zero attached hydrogens (tertiary/aromatic N) is 2. The summed E-state index contributed by atoms with van der Waals surface area (Å²) in [6.45, 7) is 4.98. The van der Waals surface area contributed by atoms with Gasteiger partial charge >= 0.3 is 0 Å². The molecule has 0 fully saturated rings. The molecule has 0 amide bonds. The second kappa shape index (κ2) is 7.85. The van der Waals surface area contributed by atoms with Crippen molar-refractivity contribution in [2.75, 3.05) is 27.8 Å². The third-order valence-electron chi connectivity index (χ3n) is 4.54. The van der Waals surface area contributed by atoms with Gasteiger partial charge in [-0.3, -0.25) is 0 Å². The minimum Gasteiger partial charge on any atom is -0.495 e. The van der Waals surface area contributed by atoms with Gasteiger partial charge in [0.25, 0.3) is 10.0 Å². The van der Waals surface area contributed by atoms with E-state index in [2.05, 4.69) is 0 Å². The van der Waals surface area contributed by atoms with Crippen LogP contribution in [0.25, 0.3) is 10.9 Å². The predicted molar refractivity (Wildman–Crippen MR) is 111 cm³/mol. The van der Waals surface area contributed by atoms with Crippen LogP contribution in [0.4, 0.5) is 0 Å². The van der Waals surface area contributed by atoms with E-state index >= 15 is 0 Å². The lowest BCUT2D eigenvalue weighted by atomic mass is 10.1. The monoisotopic (exact) mass is 402 g/mol. The molecule has 2 aromatic carbocycles. The van der Waals surface area contributed by atoms with Crippen molar-refractivity contribution < 1.29 is 17.9 Å². The molecular formula is C21H26N2O4S. The Balaban J connectivity index is 2.23.